The molecule has 7 heteroatoms. The molecular formula is C18H16Cl2N2O3. The third kappa shape index (κ3) is 4.65. The number of carbonyl (C=O) groups excluding carboxylic acids is 2. The second-order valence-electron chi connectivity index (χ2n) is 5.64. The molecule has 3 rings (SSSR count). The summed E-state index contributed by atoms with van der Waals surface area (Å²) in [6, 6.07) is 11.9. The van der Waals surface area contributed by atoms with Gasteiger partial charge in [0.15, 0.2) is 6.61 Å². The van der Waals surface area contributed by atoms with Crippen LogP contribution in [0.15, 0.2) is 42.5 Å². The van der Waals surface area contributed by atoms with Crippen molar-refractivity contribution in [2.75, 3.05) is 23.4 Å². The molecule has 1 saturated heterocycles. The highest BCUT2D eigenvalue weighted by molar-refractivity contribution is 6.35. The number of amides is 2. The molecule has 0 radical (unpaired) electrons. The lowest BCUT2D eigenvalue weighted by atomic mass is 10.3. The van der Waals surface area contributed by atoms with Crippen LogP contribution in [0.2, 0.25) is 10.0 Å². The van der Waals surface area contributed by atoms with Crippen molar-refractivity contribution in [3.8, 4) is 5.75 Å². The van der Waals surface area contributed by atoms with E-state index in [1.807, 2.05) is 12.1 Å². The van der Waals surface area contributed by atoms with Crippen molar-refractivity contribution < 1.29 is 14.3 Å². The number of nitrogens with zero attached hydrogens (tertiary/aromatic N) is 1. The van der Waals surface area contributed by atoms with Crippen LogP contribution in [0.1, 0.15) is 12.8 Å². The van der Waals surface area contributed by atoms with Gasteiger partial charge in [0, 0.05) is 34.4 Å². The second-order valence-corrected chi connectivity index (χ2v) is 6.51. The molecule has 0 bridgehead atoms. The fraction of sp³-hybridized carbons (Fsp3) is 0.222. The van der Waals surface area contributed by atoms with Crippen molar-refractivity contribution in [1.82, 2.24) is 0 Å². The van der Waals surface area contributed by atoms with Gasteiger partial charge < -0.3 is 15.0 Å². The van der Waals surface area contributed by atoms with Crippen LogP contribution in [0.3, 0.4) is 0 Å². The molecule has 1 N–H and O–H groups in total. The second kappa shape index (κ2) is 7.76. The van der Waals surface area contributed by atoms with Gasteiger partial charge >= 0.3 is 0 Å². The maximum absolute atomic E-state index is 12.0. The van der Waals surface area contributed by atoms with Gasteiger partial charge in [-0.05, 0) is 48.9 Å². The molecule has 130 valence electrons. The van der Waals surface area contributed by atoms with E-state index in [9.17, 15) is 9.59 Å². The van der Waals surface area contributed by atoms with Gasteiger partial charge in [-0.15, -0.1) is 0 Å². The third-order valence-corrected chi connectivity index (χ3v) is 4.17. The largest absolute Gasteiger partial charge is 0.484 e. The van der Waals surface area contributed by atoms with E-state index in [0.717, 1.165) is 18.7 Å². The fourth-order valence-electron chi connectivity index (χ4n) is 2.62. The molecule has 0 saturated carbocycles. The van der Waals surface area contributed by atoms with E-state index in [1.54, 1.807) is 35.2 Å². The summed E-state index contributed by atoms with van der Waals surface area (Å²) in [5, 5.41) is 3.55. The van der Waals surface area contributed by atoms with Crippen molar-refractivity contribution >= 4 is 46.4 Å². The lowest BCUT2D eigenvalue weighted by molar-refractivity contribution is -0.118. The number of benzene rings is 2. The van der Waals surface area contributed by atoms with Crippen molar-refractivity contribution in [2.24, 2.45) is 0 Å². The Hall–Kier alpha value is -2.24. The number of rotatable bonds is 5. The first-order chi connectivity index (χ1) is 12.0. The van der Waals surface area contributed by atoms with Crippen molar-refractivity contribution in [1.29, 1.82) is 0 Å². The van der Waals surface area contributed by atoms with Crippen LogP contribution in [0, 0.1) is 0 Å². The number of hydrogen-bond acceptors (Lipinski definition) is 3. The lowest BCUT2D eigenvalue weighted by Crippen LogP contribution is -2.23. The Morgan fingerprint density at radius 2 is 1.80 bits per heavy atom. The number of nitrogens with one attached hydrogen (secondary N) is 1. The molecule has 0 spiro atoms. The maximum Gasteiger partial charge on any atom is 0.262 e. The van der Waals surface area contributed by atoms with Crippen LogP contribution >= 0.6 is 23.2 Å². The Bertz CT molecular complexity index is 773. The van der Waals surface area contributed by atoms with Crippen molar-refractivity contribution in [2.45, 2.75) is 12.8 Å². The molecule has 0 aliphatic carbocycles. The summed E-state index contributed by atoms with van der Waals surface area (Å²) in [5.74, 6) is 0.361. The number of halogens is 2. The zero-order chi connectivity index (χ0) is 17.8. The van der Waals surface area contributed by atoms with E-state index in [1.165, 1.54) is 0 Å². The standard InChI is InChI=1S/C18H16Cl2N2O3/c19-12-8-13(20)10-14(9-12)21-17(23)11-25-16-5-3-15(4-6-16)22-7-1-2-18(22)24/h3-6,8-10H,1-2,7,11H2,(H,21,23). The van der Waals surface area contributed by atoms with Crippen molar-refractivity contribution in [3.63, 3.8) is 0 Å². The first kappa shape index (κ1) is 17.6. The predicted molar refractivity (Wildman–Crippen MR) is 98.6 cm³/mol. The third-order valence-electron chi connectivity index (χ3n) is 3.74. The van der Waals surface area contributed by atoms with Gasteiger partial charge in [-0.25, -0.2) is 0 Å². The number of carbonyl (C=O) groups is 2. The summed E-state index contributed by atoms with van der Waals surface area (Å²) in [7, 11) is 0. The lowest BCUT2D eigenvalue weighted by Gasteiger charge is -2.16. The first-order valence-electron chi connectivity index (χ1n) is 7.80. The van der Waals surface area contributed by atoms with Gasteiger partial charge in [0.2, 0.25) is 5.91 Å². The van der Waals surface area contributed by atoms with Crippen LogP contribution in [-0.2, 0) is 9.59 Å². The average Bonchev–Trinajstić information content (AvgIpc) is 2.98. The van der Waals surface area contributed by atoms with Crippen LogP contribution in [-0.4, -0.2) is 25.0 Å². The Morgan fingerprint density at radius 1 is 1.12 bits per heavy atom. The molecular weight excluding hydrogens is 363 g/mol. The molecule has 1 aliphatic heterocycles. The SMILES string of the molecule is O=C(COc1ccc(N2CCCC2=O)cc1)Nc1cc(Cl)cc(Cl)c1. The number of anilines is 2. The Morgan fingerprint density at radius 3 is 2.40 bits per heavy atom. The summed E-state index contributed by atoms with van der Waals surface area (Å²) in [6.45, 7) is 0.593. The molecule has 2 aromatic carbocycles. The first-order valence-corrected chi connectivity index (χ1v) is 8.56. The highest BCUT2D eigenvalue weighted by atomic mass is 35.5. The molecule has 1 heterocycles. The molecule has 2 aromatic rings. The van der Waals surface area contributed by atoms with E-state index in [-0.39, 0.29) is 18.4 Å². The van der Waals surface area contributed by atoms with E-state index >= 15 is 0 Å². The Balaban J connectivity index is 1.54. The number of hydrogen-bond donors (Lipinski definition) is 1. The summed E-state index contributed by atoms with van der Waals surface area (Å²) >= 11 is 11.8. The molecule has 0 atom stereocenters. The van der Waals surface area contributed by atoms with Crippen molar-refractivity contribution in [3.05, 3.63) is 52.5 Å². The Kier molecular flexibility index (Phi) is 5.46. The quantitative estimate of drug-likeness (QED) is 0.850. The minimum absolute atomic E-state index is 0.133. The molecule has 5 nitrogen and oxygen atoms in total. The summed E-state index contributed by atoms with van der Waals surface area (Å²) in [4.78, 5) is 25.4. The van der Waals surface area contributed by atoms with E-state index < -0.39 is 0 Å². The molecule has 2 amide bonds. The van der Waals surface area contributed by atoms with E-state index in [2.05, 4.69) is 5.32 Å². The molecule has 25 heavy (non-hydrogen) atoms. The highest BCUT2D eigenvalue weighted by Crippen LogP contribution is 2.24. The average molecular weight is 379 g/mol. The van der Waals surface area contributed by atoms with Gasteiger partial charge in [0.1, 0.15) is 5.75 Å². The van der Waals surface area contributed by atoms with Gasteiger partial charge in [-0.3, -0.25) is 9.59 Å². The summed E-state index contributed by atoms with van der Waals surface area (Å²) in [6.07, 6.45) is 1.47. The summed E-state index contributed by atoms with van der Waals surface area (Å²) in [5.41, 5.74) is 1.35. The van der Waals surface area contributed by atoms with Gasteiger partial charge in [0.05, 0.1) is 0 Å². The molecule has 1 aliphatic rings. The molecule has 0 aromatic heterocycles. The van der Waals surface area contributed by atoms with Gasteiger partial charge in [-0.2, -0.15) is 0 Å². The minimum Gasteiger partial charge on any atom is -0.484 e. The highest BCUT2D eigenvalue weighted by Gasteiger charge is 2.21. The predicted octanol–water partition coefficient (Wildman–Crippen LogP) is 4.14. The molecule has 1 fully saturated rings. The van der Waals surface area contributed by atoms with Gasteiger partial charge in [-0.1, -0.05) is 23.2 Å². The van der Waals surface area contributed by atoms with Crippen LogP contribution in [0.5, 0.6) is 5.75 Å². The normalized spacial score (nSPS) is 13.8. The zero-order valence-corrected chi connectivity index (χ0v) is 14.8. The van der Waals surface area contributed by atoms with Gasteiger partial charge in [0.25, 0.3) is 5.91 Å². The Labute approximate surface area is 155 Å². The maximum atomic E-state index is 12.0. The smallest absolute Gasteiger partial charge is 0.262 e. The van der Waals surface area contributed by atoms with Crippen LogP contribution < -0.4 is 15.0 Å². The number of ether oxygens (including phenoxy) is 1. The minimum atomic E-state index is -0.322. The summed E-state index contributed by atoms with van der Waals surface area (Å²) < 4.78 is 5.46. The van der Waals surface area contributed by atoms with E-state index in [4.69, 9.17) is 27.9 Å². The fourth-order valence-corrected chi connectivity index (χ4v) is 3.14. The van der Waals surface area contributed by atoms with Crippen LogP contribution in [0.25, 0.3) is 0 Å². The van der Waals surface area contributed by atoms with Crippen LogP contribution in [0.4, 0.5) is 11.4 Å². The monoisotopic (exact) mass is 378 g/mol. The zero-order valence-electron chi connectivity index (χ0n) is 13.3. The topological polar surface area (TPSA) is 58.6 Å². The molecule has 0 unspecified atom stereocenters. The van der Waals surface area contributed by atoms with E-state index in [0.29, 0.717) is 27.9 Å².